The first kappa shape index (κ1) is 11.7. The molecule has 1 aromatic carbocycles. The van der Waals surface area contributed by atoms with Crippen LogP contribution in [0.15, 0.2) is 30.3 Å². The van der Waals surface area contributed by atoms with Crippen molar-refractivity contribution in [2.24, 2.45) is 11.8 Å². The summed E-state index contributed by atoms with van der Waals surface area (Å²) in [6.07, 6.45) is 0.221. The van der Waals surface area contributed by atoms with Gasteiger partial charge in [0.05, 0.1) is 12.5 Å². The van der Waals surface area contributed by atoms with Crippen LogP contribution in [-0.2, 0) is 10.4 Å². The Morgan fingerprint density at radius 2 is 1.94 bits per heavy atom. The van der Waals surface area contributed by atoms with Crippen molar-refractivity contribution in [3.63, 3.8) is 0 Å². The van der Waals surface area contributed by atoms with Crippen LogP contribution in [0.5, 0.6) is 0 Å². The van der Waals surface area contributed by atoms with Crippen LogP contribution in [0.4, 0.5) is 0 Å². The van der Waals surface area contributed by atoms with Crippen molar-refractivity contribution in [3.05, 3.63) is 35.9 Å². The fourth-order valence-corrected chi connectivity index (χ4v) is 3.57. The van der Waals surface area contributed by atoms with E-state index in [1.807, 2.05) is 35.2 Å². The Labute approximate surface area is 107 Å². The van der Waals surface area contributed by atoms with Crippen LogP contribution in [0.2, 0.25) is 0 Å². The minimum atomic E-state index is -1.01. The zero-order valence-corrected chi connectivity index (χ0v) is 10.8. The fourth-order valence-electron chi connectivity index (χ4n) is 3.57. The molecule has 96 valence electrons. The maximum Gasteiger partial charge on any atom is 0.226 e. The van der Waals surface area contributed by atoms with Crippen molar-refractivity contribution in [1.29, 1.82) is 0 Å². The smallest absolute Gasteiger partial charge is 0.226 e. The number of hydrogen-bond acceptors (Lipinski definition) is 2. The molecule has 3 nitrogen and oxygen atoms in total. The zero-order chi connectivity index (χ0) is 12.9. The lowest BCUT2D eigenvalue weighted by molar-refractivity contribution is -0.128. The van der Waals surface area contributed by atoms with Gasteiger partial charge in [-0.15, -0.1) is 0 Å². The summed E-state index contributed by atoms with van der Waals surface area (Å²) < 4.78 is 0. The van der Waals surface area contributed by atoms with E-state index in [0.717, 1.165) is 12.1 Å². The number of hydrogen-bond donors (Lipinski definition) is 1. The van der Waals surface area contributed by atoms with Crippen LogP contribution in [0.25, 0.3) is 0 Å². The van der Waals surface area contributed by atoms with Crippen molar-refractivity contribution in [2.75, 3.05) is 6.54 Å². The molecule has 4 unspecified atom stereocenters. The monoisotopic (exact) mass is 245 g/mol. The first-order chi connectivity index (χ1) is 8.54. The van der Waals surface area contributed by atoms with Gasteiger partial charge >= 0.3 is 0 Å². The molecule has 3 rings (SSSR count). The molecule has 2 saturated heterocycles. The minimum absolute atomic E-state index is 0.0672. The Morgan fingerprint density at radius 1 is 1.28 bits per heavy atom. The third-order valence-corrected chi connectivity index (χ3v) is 4.72. The van der Waals surface area contributed by atoms with E-state index in [-0.39, 0.29) is 18.4 Å². The zero-order valence-electron chi connectivity index (χ0n) is 10.8. The highest BCUT2D eigenvalue weighted by Crippen LogP contribution is 2.47. The highest BCUT2D eigenvalue weighted by Gasteiger charge is 2.57. The summed E-state index contributed by atoms with van der Waals surface area (Å²) in [6.45, 7) is 5.07. The van der Waals surface area contributed by atoms with Gasteiger partial charge in [0.25, 0.3) is 0 Å². The number of fused-ring (bicyclic) bond motifs is 1. The standard InChI is InChI=1S/C15H19NO2/c1-10-9-16-13(17)8-15(18,14(16)11(10)2)12-6-4-3-5-7-12/h3-7,10-11,14,18H,8-9H2,1-2H3. The van der Waals surface area contributed by atoms with E-state index in [9.17, 15) is 9.90 Å². The molecule has 0 aromatic heterocycles. The maximum atomic E-state index is 12.1. The Bertz CT molecular complexity index is 473. The van der Waals surface area contributed by atoms with Crippen LogP contribution < -0.4 is 0 Å². The van der Waals surface area contributed by atoms with E-state index in [1.165, 1.54) is 0 Å². The average molecular weight is 245 g/mol. The average Bonchev–Trinajstić information content (AvgIpc) is 2.80. The summed E-state index contributed by atoms with van der Waals surface area (Å²) in [5, 5.41) is 11.0. The second-order valence-corrected chi connectivity index (χ2v) is 5.79. The van der Waals surface area contributed by atoms with Crippen LogP contribution >= 0.6 is 0 Å². The number of benzene rings is 1. The Balaban J connectivity index is 2.05. The van der Waals surface area contributed by atoms with Gasteiger partial charge in [0.2, 0.25) is 5.91 Å². The lowest BCUT2D eigenvalue weighted by Gasteiger charge is -2.33. The van der Waals surface area contributed by atoms with Gasteiger partial charge in [-0.05, 0) is 17.4 Å². The molecule has 2 heterocycles. The third-order valence-electron chi connectivity index (χ3n) is 4.72. The van der Waals surface area contributed by atoms with E-state index < -0.39 is 5.60 Å². The van der Waals surface area contributed by atoms with Gasteiger partial charge < -0.3 is 10.0 Å². The van der Waals surface area contributed by atoms with Crippen LogP contribution in [0.3, 0.4) is 0 Å². The van der Waals surface area contributed by atoms with Crippen molar-refractivity contribution in [3.8, 4) is 0 Å². The van der Waals surface area contributed by atoms with E-state index in [0.29, 0.717) is 11.8 Å². The van der Waals surface area contributed by atoms with Gasteiger partial charge in [-0.1, -0.05) is 44.2 Å². The highest BCUT2D eigenvalue weighted by molar-refractivity contribution is 5.82. The van der Waals surface area contributed by atoms with Crippen LogP contribution in [0, 0.1) is 11.8 Å². The summed E-state index contributed by atoms with van der Waals surface area (Å²) in [7, 11) is 0. The second-order valence-electron chi connectivity index (χ2n) is 5.79. The van der Waals surface area contributed by atoms with E-state index in [2.05, 4.69) is 13.8 Å². The summed E-state index contributed by atoms with van der Waals surface area (Å²) in [5.74, 6) is 0.874. The normalized spacial score (nSPS) is 39.2. The number of carbonyl (C=O) groups is 1. The molecular weight excluding hydrogens is 226 g/mol. The van der Waals surface area contributed by atoms with Crippen molar-refractivity contribution in [1.82, 2.24) is 4.90 Å². The number of carbonyl (C=O) groups excluding carboxylic acids is 1. The lowest BCUT2D eigenvalue weighted by atomic mass is 9.79. The molecule has 1 aromatic rings. The van der Waals surface area contributed by atoms with Crippen molar-refractivity contribution < 1.29 is 9.90 Å². The van der Waals surface area contributed by atoms with Gasteiger partial charge in [0, 0.05) is 6.54 Å². The Kier molecular flexibility index (Phi) is 2.49. The van der Waals surface area contributed by atoms with E-state index in [1.54, 1.807) is 0 Å². The minimum Gasteiger partial charge on any atom is -0.382 e. The number of amides is 1. The summed E-state index contributed by atoms with van der Waals surface area (Å²) >= 11 is 0. The van der Waals surface area contributed by atoms with Crippen molar-refractivity contribution in [2.45, 2.75) is 31.9 Å². The molecule has 0 saturated carbocycles. The second kappa shape index (κ2) is 3.82. The molecular formula is C15H19NO2. The number of rotatable bonds is 1. The molecule has 3 heteroatoms. The predicted octanol–water partition coefficient (Wildman–Crippen LogP) is 1.76. The topological polar surface area (TPSA) is 40.5 Å². The fraction of sp³-hybridized carbons (Fsp3) is 0.533. The molecule has 2 aliphatic rings. The molecule has 2 aliphatic heterocycles. The van der Waals surface area contributed by atoms with Gasteiger partial charge in [-0.3, -0.25) is 4.79 Å². The molecule has 18 heavy (non-hydrogen) atoms. The molecule has 0 spiro atoms. The van der Waals surface area contributed by atoms with Gasteiger partial charge in [-0.25, -0.2) is 0 Å². The van der Waals surface area contributed by atoms with E-state index >= 15 is 0 Å². The molecule has 1 amide bonds. The lowest BCUT2D eigenvalue weighted by Crippen LogP contribution is -2.42. The van der Waals surface area contributed by atoms with Gasteiger partial charge in [0.15, 0.2) is 0 Å². The summed E-state index contributed by atoms with van der Waals surface area (Å²) in [6, 6.07) is 9.55. The molecule has 2 fully saturated rings. The van der Waals surface area contributed by atoms with E-state index in [4.69, 9.17) is 0 Å². The molecule has 1 N–H and O–H groups in total. The summed E-state index contributed by atoms with van der Waals surface area (Å²) in [4.78, 5) is 14.0. The first-order valence-electron chi connectivity index (χ1n) is 6.61. The molecule has 0 bridgehead atoms. The summed E-state index contributed by atoms with van der Waals surface area (Å²) in [5.41, 5.74) is -0.144. The van der Waals surface area contributed by atoms with Crippen LogP contribution in [0.1, 0.15) is 25.8 Å². The molecule has 0 radical (unpaired) electrons. The Morgan fingerprint density at radius 3 is 2.61 bits per heavy atom. The number of nitrogens with zero attached hydrogens (tertiary/aromatic N) is 1. The largest absolute Gasteiger partial charge is 0.382 e. The Hall–Kier alpha value is -1.35. The molecule has 4 atom stereocenters. The quantitative estimate of drug-likeness (QED) is 0.819. The predicted molar refractivity (Wildman–Crippen MR) is 68.8 cm³/mol. The van der Waals surface area contributed by atoms with Crippen molar-refractivity contribution >= 4 is 5.91 Å². The maximum absolute atomic E-state index is 12.1. The SMILES string of the molecule is CC1CN2C(=O)CC(O)(c3ccccc3)C2C1C. The first-order valence-corrected chi connectivity index (χ1v) is 6.61. The number of aliphatic hydroxyl groups is 1. The van der Waals surface area contributed by atoms with Crippen LogP contribution in [-0.4, -0.2) is 28.5 Å². The van der Waals surface area contributed by atoms with Gasteiger partial charge in [-0.2, -0.15) is 0 Å². The van der Waals surface area contributed by atoms with Gasteiger partial charge in [0.1, 0.15) is 5.60 Å². The third kappa shape index (κ3) is 1.43. The highest BCUT2D eigenvalue weighted by atomic mass is 16.3. The molecule has 0 aliphatic carbocycles.